The summed E-state index contributed by atoms with van der Waals surface area (Å²) in [6.45, 7) is 1.46. The van der Waals surface area contributed by atoms with Crippen LogP contribution < -0.4 is 4.90 Å². The summed E-state index contributed by atoms with van der Waals surface area (Å²) in [6, 6.07) is 12.8. The fourth-order valence-corrected chi connectivity index (χ4v) is 5.17. The van der Waals surface area contributed by atoms with Crippen molar-refractivity contribution in [2.75, 3.05) is 38.0 Å². The number of carbonyl (C=O) groups is 1. The number of aliphatic carboxylic acids is 1. The van der Waals surface area contributed by atoms with Crippen LogP contribution in [0.2, 0.25) is 10.0 Å². The van der Waals surface area contributed by atoms with Crippen molar-refractivity contribution in [1.29, 1.82) is 0 Å². The number of hydrazone groups is 1. The highest BCUT2D eigenvalue weighted by atomic mass is 35.5. The zero-order valence-electron chi connectivity index (χ0n) is 18.4. The van der Waals surface area contributed by atoms with Crippen molar-refractivity contribution in [3.63, 3.8) is 0 Å². The second-order valence-electron chi connectivity index (χ2n) is 8.08. The number of rotatable bonds is 8. The van der Waals surface area contributed by atoms with Gasteiger partial charge in [-0.05, 0) is 56.7 Å². The summed E-state index contributed by atoms with van der Waals surface area (Å²) < 4.78 is 1.95. The average Bonchev–Trinajstić information content (AvgIpc) is 3.13. The Balaban J connectivity index is 1.80. The molecule has 2 aromatic carbocycles. The lowest BCUT2D eigenvalue weighted by Crippen LogP contribution is -2.36. The smallest absolute Gasteiger partial charge is 0.303 e. The maximum Gasteiger partial charge on any atom is 0.303 e. The maximum atomic E-state index is 11.4. The number of carboxylic acids is 1. The quantitative estimate of drug-likeness (QED) is 0.525. The molecule has 1 N–H and O–H groups in total. The van der Waals surface area contributed by atoms with Gasteiger partial charge in [-0.3, -0.25) is 9.79 Å². The van der Waals surface area contributed by atoms with Gasteiger partial charge in [0.05, 0.1) is 11.4 Å². The molecule has 0 aliphatic carbocycles. The molecule has 0 unspecified atom stereocenters. The minimum atomic E-state index is -0.864. The third-order valence-corrected chi connectivity index (χ3v) is 6.80. The summed E-state index contributed by atoms with van der Waals surface area (Å²) in [5.41, 5.74) is 3.24. The Morgan fingerprint density at radius 2 is 2.00 bits per heavy atom. The van der Waals surface area contributed by atoms with E-state index in [9.17, 15) is 9.90 Å². The van der Waals surface area contributed by atoms with E-state index in [1.165, 1.54) is 0 Å². The number of hydrogen-bond acceptors (Lipinski definition) is 7. The number of anilines is 1. The van der Waals surface area contributed by atoms with Crippen molar-refractivity contribution < 1.29 is 9.90 Å². The highest BCUT2D eigenvalue weighted by Gasteiger charge is 2.36. The van der Waals surface area contributed by atoms with Crippen LogP contribution >= 0.6 is 35.1 Å². The number of benzene rings is 2. The van der Waals surface area contributed by atoms with E-state index < -0.39 is 12.0 Å². The van der Waals surface area contributed by atoms with Crippen LogP contribution in [0.3, 0.4) is 0 Å². The molecular formula is C23H25Cl2N5O2S. The number of aliphatic imine (C=N–C) groups is 1. The molecule has 174 valence electrons. The third kappa shape index (κ3) is 5.46. The van der Waals surface area contributed by atoms with E-state index in [4.69, 9.17) is 33.3 Å². The minimum Gasteiger partial charge on any atom is -0.481 e. The number of amidine groups is 1. The first-order valence-electron chi connectivity index (χ1n) is 10.6. The summed E-state index contributed by atoms with van der Waals surface area (Å²) in [5, 5.41) is 15.4. The zero-order valence-corrected chi connectivity index (χ0v) is 20.7. The van der Waals surface area contributed by atoms with E-state index in [0.29, 0.717) is 28.8 Å². The summed E-state index contributed by atoms with van der Waals surface area (Å²) in [4.78, 5) is 20.7. The van der Waals surface area contributed by atoms with Gasteiger partial charge in [0.15, 0.2) is 5.84 Å². The van der Waals surface area contributed by atoms with E-state index in [0.717, 1.165) is 34.9 Å². The SMILES string of the molecule is CN(C)CCSN1CN2C(=N1)[C@H](CCC(=O)O)N=C(c1ccccc1Cl)c1cc(Cl)ccc12. The fourth-order valence-electron chi connectivity index (χ4n) is 3.78. The van der Waals surface area contributed by atoms with Gasteiger partial charge in [0.2, 0.25) is 0 Å². The average molecular weight is 506 g/mol. The Hall–Kier alpha value is -2.26. The minimum absolute atomic E-state index is 0.0122. The second-order valence-corrected chi connectivity index (χ2v) is 10.0. The van der Waals surface area contributed by atoms with Crippen molar-refractivity contribution in [2.45, 2.75) is 18.9 Å². The topological polar surface area (TPSA) is 71.7 Å². The van der Waals surface area contributed by atoms with Crippen molar-refractivity contribution in [1.82, 2.24) is 9.31 Å². The Bertz CT molecular complexity index is 1110. The molecule has 2 aromatic rings. The summed E-state index contributed by atoms with van der Waals surface area (Å²) >= 11 is 14.6. The highest BCUT2D eigenvalue weighted by Crippen LogP contribution is 2.36. The molecule has 0 saturated carbocycles. The second kappa shape index (κ2) is 10.3. The van der Waals surface area contributed by atoms with E-state index in [2.05, 4.69) is 9.80 Å². The number of hydrogen-bond donors (Lipinski definition) is 1. The van der Waals surface area contributed by atoms with E-state index in [1.807, 2.05) is 61.0 Å². The number of halogens is 2. The van der Waals surface area contributed by atoms with Crippen LogP contribution in [0.15, 0.2) is 52.6 Å². The maximum absolute atomic E-state index is 11.4. The molecule has 0 aromatic heterocycles. The Morgan fingerprint density at radius 3 is 2.73 bits per heavy atom. The molecule has 0 saturated heterocycles. The lowest BCUT2D eigenvalue weighted by Gasteiger charge is -2.23. The number of fused-ring (bicyclic) bond motifs is 3. The summed E-state index contributed by atoms with van der Waals surface area (Å²) in [7, 11) is 4.08. The monoisotopic (exact) mass is 505 g/mol. The first-order valence-corrected chi connectivity index (χ1v) is 12.3. The lowest BCUT2D eigenvalue weighted by molar-refractivity contribution is -0.137. The van der Waals surface area contributed by atoms with Crippen molar-refractivity contribution >= 4 is 58.4 Å². The largest absolute Gasteiger partial charge is 0.481 e. The van der Waals surface area contributed by atoms with Crippen LogP contribution in [-0.4, -0.2) is 71.0 Å². The molecule has 0 bridgehead atoms. The molecule has 0 spiro atoms. The Morgan fingerprint density at radius 1 is 1.21 bits per heavy atom. The van der Waals surface area contributed by atoms with Crippen molar-refractivity contribution in [3.8, 4) is 0 Å². The van der Waals surface area contributed by atoms with Gasteiger partial charge < -0.3 is 14.9 Å². The summed E-state index contributed by atoms with van der Waals surface area (Å²) in [5.74, 6) is 0.759. The highest BCUT2D eigenvalue weighted by molar-refractivity contribution is 7.97. The van der Waals surface area contributed by atoms with Crippen LogP contribution in [0, 0.1) is 0 Å². The molecule has 2 aliphatic heterocycles. The fraction of sp³-hybridized carbons (Fsp3) is 0.348. The number of carboxylic acid groups (broad SMARTS) is 1. The molecule has 0 radical (unpaired) electrons. The third-order valence-electron chi connectivity index (χ3n) is 5.38. The Kier molecular flexibility index (Phi) is 7.48. The van der Waals surface area contributed by atoms with E-state index >= 15 is 0 Å². The van der Waals surface area contributed by atoms with Crippen LogP contribution in [0.25, 0.3) is 0 Å². The molecule has 10 heteroatoms. The van der Waals surface area contributed by atoms with Gasteiger partial charge in [-0.1, -0.05) is 41.4 Å². The molecule has 0 fully saturated rings. The van der Waals surface area contributed by atoms with Gasteiger partial charge in [-0.2, -0.15) is 0 Å². The van der Waals surface area contributed by atoms with Crippen LogP contribution in [0.4, 0.5) is 5.69 Å². The van der Waals surface area contributed by atoms with Gasteiger partial charge in [-0.15, -0.1) is 5.10 Å². The molecule has 0 amide bonds. The van der Waals surface area contributed by atoms with Crippen LogP contribution in [0.1, 0.15) is 24.0 Å². The molecule has 1 atom stereocenters. The zero-order chi connectivity index (χ0) is 23.5. The van der Waals surface area contributed by atoms with Gasteiger partial charge in [0, 0.05) is 39.9 Å². The molecule has 2 heterocycles. The Labute approximate surface area is 207 Å². The van der Waals surface area contributed by atoms with Gasteiger partial charge in [0.25, 0.3) is 0 Å². The molecule has 33 heavy (non-hydrogen) atoms. The molecule has 7 nitrogen and oxygen atoms in total. The number of nitrogens with zero attached hydrogens (tertiary/aromatic N) is 5. The predicted molar refractivity (Wildman–Crippen MR) is 137 cm³/mol. The normalized spacial score (nSPS) is 17.4. The summed E-state index contributed by atoms with van der Waals surface area (Å²) in [6.07, 6.45) is 0.318. The molecule has 2 aliphatic rings. The van der Waals surface area contributed by atoms with Crippen LogP contribution in [0.5, 0.6) is 0 Å². The molecule has 4 rings (SSSR count). The lowest BCUT2D eigenvalue weighted by atomic mass is 10.00. The first kappa shape index (κ1) is 23.9. The van der Waals surface area contributed by atoms with Gasteiger partial charge in [-0.25, -0.2) is 4.41 Å². The van der Waals surface area contributed by atoms with Gasteiger partial charge in [0.1, 0.15) is 12.7 Å². The van der Waals surface area contributed by atoms with E-state index in [1.54, 1.807) is 11.9 Å². The van der Waals surface area contributed by atoms with E-state index in [-0.39, 0.29) is 6.42 Å². The van der Waals surface area contributed by atoms with Crippen molar-refractivity contribution in [2.24, 2.45) is 10.1 Å². The first-order chi connectivity index (χ1) is 15.8. The standard InChI is InChI=1S/C23H25Cl2N5O2S/c1-28(2)11-12-33-30-14-29-20-9-7-15(24)13-17(20)22(16-5-3-4-6-18(16)25)26-19(23(29)27-30)8-10-21(31)32/h3-7,9,13,19H,8,10-12,14H2,1-2H3,(H,31,32)/t19-/m0/s1. The van der Waals surface area contributed by atoms with Gasteiger partial charge >= 0.3 is 5.97 Å². The van der Waals surface area contributed by atoms with Crippen molar-refractivity contribution in [3.05, 3.63) is 63.6 Å². The predicted octanol–water partition coefficient (Wildman–Crippen LogP) is 4.68. The molecular weight excluding hydrogens is 481 g/mol. The van der Waals surface area contributed by atoms with Crippen LogP contribution in [-0.2, 0) is 4.79 Å².